The number of carbonyl (C=O) groups excluding carboxylic acids is 1. The number of anilines is 1. The van der Waals surface area contributed by atoms with Crippen LogP contribution in [0, 0.1) is 0 Å². The van der Waals surface area contributed by atoms with Gasteiger partial charge in [0, 0.05) is 17.6 Å². The molecule has 0 unspecified atom stereocenters. The van der Waals surface area contributed by atoms with Gasteiger partial charge in [-0.15, -0.1) is 11.3 Å². The minimum absolute atomic E-state index is 0.0122. The fourth-order valence-electron chi connectivity index (χ4n) is 3.49. The second kappa shape index (κ2) is 9.26. The molecule has 0 atom stereocenters. The maximum absolute atomic E-state index is 13.3. The van der Waals surface area contributed by atoms with Crippen LogP contribution in [0.3, 0.4) is 0 Å². The van der Waals surface area contributed by atoms with Crippen LogP contribution in [0.25, 0.3) is 10.2 Å². The number of unbranched alkanes of at least 4 members (excludes halogenated alkanes) is 1. The summed E-state index contributed by atoms with van der Waals surface area (Å²) in [6, 6.07) is 1.52. The molecule has 0 aromatic carbocycles. The van der Waals surface area contributed by atoms with Crippen molar-refractivity contribution in [2.75, 3.05) is 11.1 Å². The van der Waals surface area contributed by atoms with Gasteiger partial charge in [0.25, 0.3) is 5.56 Å². The summed E-state index contributed by atoms with van der Waals surface area (Å²) in [6.07, 6.45) is 6.34. The molecule has 0 aliphatic heterocycles. The van der Waals surface area contributed by atoms with Crippen LogP contribution in [-0.4, -0.2) is 26.2 Å². The van der Waals surface area contributed by atoms with Crippen LogP contribution < -0.4 is 10.9 Å². The number of aryl methyl sites for hydroxylation is 2. The van der Waals surface area contributed by atoms with Gasteiger partial charge in [0.15, 0.2) is 11.0 Å². The second-order valence-corrected chi connectivity index (χ2v) is 9.93. The smallest absolute Gasteiger partial charge is 0.263 e. The monoisotopic (exact) mass is 482 g/mol. The van der Waals surface area contributed by atoms with E-state index in [4.69, 9.17) is 28.2 Å². The molecule has 1 N–H and O–H groups in total. The number of rotatable bonds is 7. The number of thioether (sulfide) groups is 1. The molecule has 0 radical (unpaired) electrons. The maximum atomic E-state index is 13.3. The summed E-state index contributed by atoms with van der Waals surface area (Å²) in [7, 11) is 0. The van der Waals surface area contributed by atoms with E-state index in [1.807, 2.05) is 0 Å². The molecule has 4 rings (SSSR count). The Morgan fingerprint density at radius 1 is 1.37 bits per heavy atom. The van der Waals surface area contributed by atoms with E-state index in [0.717, 1.165) is 42.3 Å². The Bertz CT molecular complexity index is 1180. The molecule has 1 aliphatic rings. The zero-order valence-electron chi connectivity index (χ0n) is 16.3. The molecule has 1 amide bonds. The molecular weight excluding hydrogens is 463 g/mol. The minimum atomic E-state index is -0.276. The first-order valence-electron chi connectivity index (χ1n) is 9.76. The Morgan fingerprint density at radius 3 is 2.97 bits per heavy atom. The Hall–Kier alpha value is -1.61. The predicted octanol–water partition coefficient (Wildman–Crippen LogP) is 5.18. The van der Waals surface area contributed by atoms with E-state index in [1.54, 1.807) is 15.9 Å². The van der Waals surface area contributed by atoms with Gasteiger partial charge in [-0.2, -0.15) is 0 Å². The van der Waals surface area contributed by atoms with Crippen LogP contribution in [0.1, 0.15) is 36.6 Å². The standard InChI is InChI=1S/C20H20Cl2N4O2S2/c1-2-3-7-26-19(28)16-12-5-4-6-14(12)30-18(16)25-20(26)29-10-15(27)24-17-13(22)8-11(21)9-23-17/h8-9H,2-7,10H2,1H3,(H,23,24,27). The van der Waals surface area contributed by atoms with Gasteiger partial charge in [-0.05, 0) is 37.3 Å². The fraction of sp³-hybridized carbons (Fsp3) is 0.400. The minimum Gasteiger partial charge on any atom is -0.309 e. The average molecular weight is 483 g/mol. The normalized spacial score (nSPS) is 13.0. The van der Waals surface area contributed by atoms with Crippen LogP contribution in [0.5, 0.6) is 0 Å². The van der Waals surface area contributed by atoms with Crippen LogP contribution in [0.4, 0.5) is 5.82 Å². The lowest BCUT2D eigenvalue weighted by molar-refractivity contribution is -0.113. The summed E-state index contributed by atoms with van der Waals surface area (Å²) < 4.78 is 1.72. The lowest BCUT2D eigenvalue weighted by Crippen LogP contribution is -2.24. The fourth-order valence-corrected chi connectivity index (χ4v) is 6.04. The van der Waals surface area contributed by atoms with Gasteiger partial charge in [0.1, 0.15) is 4.83 Å². The summed E-state index contributed by atoms with van der Waals surface area (Å²) in [5, 5.41) is 4.70. The van der Waals surface area contributed by atoms with Crippen molar-refractivity contribution in [3.05, 3.63) is 43.1 Å². The third-order valence-electron chi connectivity index (χ3n) is 4.92. The topological polar surface area (TPSA) is 76.9 Å². The summed E-state index contributed by atoms with van der Waals surface area (Å²) in [5.41, 5.74) is 1.19. The van der Waals surface area contributed by atoms with E-state index in [2.05, 4.69) is 17.2 Å². The number of fused-ring (bicyclic) bond motifs is 3. The van der Waals surface area contributed by atoms with Crippen molar-refractivity contribution in [1.82, 2.24) is 14.5 Å². The number of hydrogen-bond acceptors (Lipinski definition) is 6. The van der Waals surface area contributed by atoms with E-state index in [0.29, 0.717) is 16.7 Å². The molecule has 3 heterocycles. The lowest BCUT2D eigenvalue weighted by atomic mass is 10.2. The van der Waals surface area contributed by atoms with Crippen molar-refractivity contribution in [3.63, 3.8) is 0 Å². The van der Waals surface area contributed by atoms with E-state index in [9.17, 15) is 9.59 Å². The summed E-state index contributed by atoms with van der Waals surface area (Å²) in [4.78, 5) is 36.6. The number of carbonyl (C=O) groups is 1. The van der Waals surface area contributed by atoms with Crippen LogP contribution in [0.15, 0.2) is 22.2 Å². The van der Waals surface area contributed by atoms with Crippen LogP contribution in [-0.2, 0) is 24.2 Å². The van der Waals surface area contributed by atoms with Crippen molar-refractivity contribution in [2.24, 2.45) is 0 Å². The third kappa shape index (κ3) is 4.37. The van der Waals surface area contributed by atoms with Crippen molar-refractivity contribution in [3.8, 4) is 0 Å². The van der Waals surface area contributed by atoms with Crippen molar-refractivity contribution < 1.29 is 4.79 Å². The first-order chi connectivity index (χ1) is 14.5. The Balaban J connectivity index is 1.58. The first-order valence-corrected chi connectivity index (χ1v) is 12.3. The van der Waals surface area contributed by atoms with Gasteiger partial charge in [0.2, 0.25) is 5.91 Å². The molecule has 30 heavy (non-hydrogen) atoms. The molecule has 6 nitrogen and oxygen atoms in total. The van der Waals surface area contributed by atoms with E-state index >= 15 is 0 Å². The van der Waals surface area contributed by atoms with Gasteiger partial charge >= 0.3 is 0 Å². The number of aromatic nitrogens is 3. The molecule has 1 aliphatic carbocycles. The van der Waals surface area contributed by atoms with E-state index in [-0.39, 0.29) is 28.1 Å². The highest BCUT2D eigenvalue weighted by atomic mass is 35.5. The van der Waals surface area contributed by atoms with E-state index in [1.165, 1.54) is 34.5 Å². The van der Waals surface area contributed by atoms with Gasteiger partial charge in [-0.25, -0.2) is 9.97 Å². The van der Waals surface area contributed by atoms with Gasteiger partial charge < -0.3 is 5.32 Å². The zero-order chi connectivity index (χ0) is 21.3. The third-order valence-corrected chi connectivity index (χ3v) is 7.58. The largest absolute Gasteiger partial charge is 0.309 e. The second-order valence-electron chi connectivity index (χ2n) is 7.06. The molecule has 0 saturated carbocycles. The van der Waals surface area contributed by atoms with Crippen molar-refractivity contribution >= 4 is 68.2 Å². The Kier molecular flexibility index (Phi) is 6.67. The number of pyridine rings is 1. The molecule has 0 saturated heterocycles. The highest BCUT2D eigenvalue weighted by Crippen LogP contribution is 2.35. The highest BCUT2D eigenvalue weighted by molar-refractivity contribution is 7.99. The molecule has 3 aromatic heterocycles. The molecule has 0 bridgehead atoms. The highest BCUT2D eigenvalue weighted by Gasteiger charge is 2.23. The van der Waals surface area contributed by atoms with Gasteiger partial charge in [-0.1, -0.05) is 48.3 Å². The summed E-state index contributed by atoms with van der Waals surface area (Å²) in [6.45, 7) is 2.68. The number of nitrogens with zero attached hydrogens (tertiary/aromatic N) is 3. The molecule has 0 spiro atoms. The first kappa shape index (κ1) is 21.6. The number of amides is 1. The Morgan fingerprint density at radius 2 is 2.20 bits per heavy atom. The van der Waals surface area contributed by atoms with Gasteiger partial charge in [-0.3, -0.25) is 14.2 Å². The SMILES string of the molecule is CCCCn1c(SCC(=O)Nc2ncc(Cl)cc2Cl)nc2sc3c(c2c1=O)CCC3. The van der Waals surface area contributed by atoms with Gasteiger partial charge in [0.05, 0.1) is 21.2 Å². The predicted molar refractivity (Wildman–Crippen MR) is 124 cm³/mol. The summed E-state index contributed by atoms with van der Waals surface area (Å²) in [5.74, 6) is 0.0745. The van der Waals surface area contributed by atoms with Crippen molar-refractivity contribution in [2.45, 2.75) is 50.7 Å². The van der Waals surface area contributed by atoms with Crippen LogP contribution in [0.2, 0.25) is 10.0 Å². The number of nitrogens with one attached hydrogen (secondary N) is 1. The quantitative estimate of drug-likeness (QED) is 0.370. The molecule has 158 valence electrons. The maximum Gasteiger partial charge on any atom is 0.263 e. The molecule has 3 aromatic rings. The zero-order valence-corrected chi connectivity index (χ0v) is 19.5. The summed E-state index contributed by atoms with van der Waals surface area (Å²) >= 11 is 14.8. The number of halogens is 2. The average Bonchev–Trinajstić information content (AvgIpc) is 3.29. The number of hydrogen-bond donors (Lipinski definition) is 1. The Labute approximate surface area is 192 Å². The number of thiophene rings is 1. The lowest BCUT2D eigenvalue weighted by Gasteiger charge is -2.12. The molecular formula is C20H20Cl2N4O2S2. The van der Waals surface area contributed by atoms with Crippen molar-refractivity contribution in [1.29, 1.82) is 0 Å². The molecule has 0 fully saturated rings. The van der Waals surface area contributed by atoms with Crippen LogP contribution >= 0.6 is 46.3 Å². The molecule has 10 heteroatoms. The van der Waals surface area contributed by atoms with E-state index < -0.39 is 0 Å².